The van der Waals surface area contributed by atoms with Crippen molar-refractivity contribution in [1.82, 2.24) is 9.62 Å². The second-order valence-corrected chi connectivity index (χ2v) is 8.96. The van der Waals surface area contributed by atoms with Gasteiger partial charge < -0.3 is 4.90 Å². The van der Waals surface area contributed by atoms with E-state index in [1.807, 2.05) is 18.4 Å². The molecule has 0 radical (unpaired) electrons. The lowest BCUT2D eigenvalue weighted by Gasteiger charge is -2.31. The monoisotopic (exact) mass is 392 g/mol. The van der Waals surface area contributed by atoms with Crippen molar-refractivity contribution in [1.29, 1.82) is 0 Å². The van der Waals surface area contributed by atoms with E-state index in [0.717, 1.165) is 10.4 Å². The molecule has 2 aromatic rings. The minimum Gasteiger partial charge on any atom is -0.324 e. The zero-order valence-electron chi connectivity index (χ0n) is 14.3. The highest BCUT2D eigenvalue weighted by molar-refractivity contribution is 7.90. The SMILES string of the molecule is Cc1ccc(S(=O)(=O)NC(=O)N2CCC(C(=O)c3cccs3)CC2)cc1. The van der Waals surface area contributed by atoms with Crippen molar-refractivity contribution >= 4 is 33.2 Å². The van der Waals surface area contributed by atoms with Gasteiger partial charge in [0.2, 0.25) is 0 Å². The summed E-state index contributed by atoms with van der Waals surface area (Å²) in [5, 5.41) is 1.87. The molecule has 138 valence electrons. The number of thiophene rings is 1. The normalized spacial score (nSPS) is 15.7. The quantitative estimate of drug-likeness (QED) is 0.811. The van der Waals surface area contributed by atoms with Gasteiger partial charge >= 0.3 is 6.03 Å². The maximum absolute atomic E-state index is 12.4. The Balaban J connectivity index is 1.58. The molecule has 1 aromatic heterocycles. The summed E-state index contributed by atoms with van der Waals surface area (Å²) < 4.78 is 26.7. The average molecular weight is 393 g/mol. The first-order valence-electron chi connectivity index (χ1n) is 8.33. The molecule has 1 aromatic carbocycles. The fourth-order valence-corrected chi connectivity index (χ4v) is 4.64. The zero-order valence-corrected chi connectivity index (χ0v) is 16.0. The number of benzene rings is 1. The van der Waals surface area contributed by atoms with E-state index in [1.54, 1.807) is 18.2 Å². The maximum Gasteiger partial charge on any atom is 0.331 e. The highest BCUT2D eigenvalue weighted by Gasteiger charge is 2.30. The average Bonchev–Trinajstić information content (AvgIpc) is 3.16. The van der Waals surface area contributed by atoms with E-state index in [9.17, 15) is 18.0 Å². The van der Waals surface area contributed by atoms with E-state index < -0.39 is 16.1 Å². The molecule has 26 heavy (non-hydrogen) atoms. The van der Waals surface area contributed by atoms with Gasteiger partial charge in [-0.1, -0.05) is 23.8 Å². The lowest BCUT2D eigenvalue weighted by atomic mass is 9.92. The molecule has 0 unspecified atom stereocenters. The van der Waals surface area contributed by atoms with Gasteiger partial charge in [0.25, 0.3) is 10.0 Å². The van der Waals surface area contributed by atoms with E-state index in [-0.39, 0.29) is 16.6 Å². The van der Waals surface area contributed by atoms with Gasteiger partial charge in [-0.15, -0.1) is 11.3 Å². The number of urea groups is 1. The molecule has 1 saturated heterocycles. The van der Waals surface area contributed by atoms with E-state index in [2.05, 4.69) is 4.72 Å². The minimum atomic E-state index is -3.90. The van der Waals surface area contributed by atoms with Gasteiger partial charge in [0, 0.05) is 19.0 Å². The number of nitrogens with one attached hydrogen (secondary N) is 1. The predicted octanol–water partition coefficient (Wildman–Crippen LogP) is 3.05. The standard InChI is InChI=1S/C18H20N2O4S2/c1-13-4-6-15(7-5-13)26(23,24)19-18(22)20-10-8-14(9-11-20)17(21)16-3-2-12-25-16/h2-7,12,14H,8-11H2,1H3,(H,19,22). The Labute approximate surface area is 156 Å². The van der Waals surface area contributed by atoms with Crippen molar-refractivity contribution in [3.63, 3.8) is 0 Å². The summed E-state index contributed by atoms with van der Waals surface area (Å²) in [6.45, 7) is 2.57. The lowest BCUT2D eigenvalue weighted by molar-refractivity contribution is 0.0860. The van der Waals surface area contributed by atoms with Crippen LogP contribution in [-0.4, -0.2) is 38.2 Å². The van der Waals surface area contributed by atoms with Crippen LogP contribution in [-0.2, 0) is 10.0 Å². The van der Waals surface area contributed by atoms with Gasteiger partial charge in [0.1, 0.15) is 0 Å². The van der Waals surface area contributed by atoms with Crippen LogP contribution in [0.1, 0.15) is 28.1 Å². The van der Waals surface area contributed by atoms with E-state index in [0.29, 0.717) is 25.9 Å². The van der Waals surface area contributed by atoms with Gasteiger partial charge in [0.05, 0.1) is 9.77 Å². The number of likely N-dealkylation sites (tertiary alicyclic amines) is 1. The van der Waals surface area contributed by atoms with Crippen LogP contribution in [0.5, 0.6) is 0 Å². The lowest BCUT2D eigenvalue weighted by Crippen LogP contribution is -2.47. The molecular formula is C18H20N2O4S2. The van der Waals surface area contributed by atoms with Crippen LogP contribution in [0.4, 0.5) is 4.79 Å². The number of hydrogen-bond donors (Lipinski definition) is 1. The zero-order chi connectivity index (χ0) is 18.7. The van der Waals surface area contributed by atoms with Crippen molar-refractivity contribution in [2.45, 2.75) is 24.7 Å². The fourth-order valence-electron chi connectivity index (χ4n) is 2.92. The molecule has 6 nitrogen and oxygen atoms in total. The van der Waals surface area contributed by atoms with Crippen LogP contribution >= 0.6 is 11.3 Å². The Bertz CT molecular complexity index is 882. The van der Waals surface area contributed by atoms with Crippen molar-refractivity contribution in [3.05, 3.63) is 52.2 Å². The molecule has 0 atom stereocenters. The summed E-state index contributed by atoms with van der Waals surface area (Å²) in [6.07, 6.45) is 1.07. The molecule has 1 N–H and O–H groups in total. The molecule has 1 aliphatic heterocycles. The Hall–Kier alpha value is -2.19. The number of carbonyl (C=O) groups excluding carboxylic acids is 2. The largest absolute Gasteiger partial charge is 0.331 e. The Kier molecular flexibility index (Phi) is 5.43. The Morgan fingerprint density at radius 1 is 1.12 bits per heavy atom. The van der Waals surface area contributed by atoms with Crippen molar-refractivity contribution in [2.75, 3.05) is 13.1 Å². The summed E-state index contributed by atoms with van der Waals surface area (Å²) in [7, 11) is -3.90. The minimum absolute atomic E-state index is 0.0548. The van der Waals surface area contributed by atoms with Crippen LogP contribution in [0.25, 0.3) is 0 Å². The van der Waals surface area contributed by atoms with Crippen LogP contribution < -0.4 is 4.72 Å². The second kappa shape index (κ2) is 7.59. The number of amides is 2. The summed E-state index contributed by atoms with van der Waals surface area (Å²) in [6, 6.07) is 9.30. The number of hydrogen-bond acceptors (Lipinski definition) is 5. The Morgan fingerprint density at radius 2 is 1.77 bits per heavy atom. The van der Waals surface area contributed by atoms with Gasteiger partial charge in [-0.3, -0.25) is 4.79 Å². The first kappa shape index (κ1) is 18.6. The van der Waals surface area contributed by atoms with Crippen molar-refractivity contribution < 1.29 is 18.0 Å². The number of nitrogens with zero attached hydrogens (tertiary/aromatic N) is 1. The van der Waals surface area contributed by atoms with Gasteiger partial charge in [-0.25, -0.2) is 17.9 Å². The first-order valence-corrected chi connectivity index (χ1v) is 10.7. The van der Waals surface area contributed by atoms with E-state index >= 15 is 0 Å². The molecular weight excluding hydrogens is 372 g/mol. The smallest absolute Gasteiger partial charge is 0.324 e. The number of Topliss-reactive ketones (excluding diaryl/α,β-unsaturated/α-hetero) is 1. The molecule has 8 heteroatoms. The maximum atomic E-state index is 12.4. The topological polar surface area (TPSA) is 83.6 Å². The molecule has 2 heterocycles. The summed E-state index contributed by atoms with van der Waals surface area (Å²) in [4.78, 5) is 26.9. The molecule has 0 saturated carbocycles. The third kappa shape index (κ3) is 4.13. The Morgan fingerprint density at radius 3 is 2.35 bits per heavy atom. The van der Waals surface area contributed by atoms with Crippen LogP contribution in [0.15, 0.2) is 46.7 Å². The van der Waals surface area contributed by atoms with E-state index in [4.69, 9.17) is 0 Å². The fraction of sp³-hybridized carbons (Fsp3) is 0.333. The predicted molar refractivity (Wildman–Crippen MR) is 99.8 cm³/mol. The summed E-state index contributed by atoms with van der Waals surface area (Å²) in [5.41, 5.74) is 0.938. The number of carbonyl (C=O) groups is 2. The van der Waals surface area contributed by atoms with Crippen LogP contribution in [0.2, 0.25) is 0 Å². The first-order chi connectivity index (χ1) is 12.4. The third-order valence-electron chi connectivity index (χ3n) is 4.47. The number of ketones is 1. The second-order valence-electron chi connectivity index (χ2n) is 6.33. The number of aryl methyl sites for hydroxylation is 1. The van der Waals surface area contributed by atoms with Crippen LogP contribution in [0.3, 0.4) is 0 Å². The van der Waals surface area contributed by atoms with E-state index in [1.165, 1.54) is 28.4 Å². The highest BCUT2D eigenvalue weighted by atomic mass is 32.2. The molecule has 1 aliphatic rings. The van der Waals surface area contributed by atoms with Gasteiger partial charge in [0.15, 0.2) is 5.78 Å². The van der Waals surface area contributed by atoms with Crippen molar-refractivity contribution in [2.24, 2.45) is 5.92 Å². The molecule has 3 rings (SSSR count). The summed E-state index contributed by atoms with van der Waals surface area (Å²) >= 11 is 1.42. The number of rotatable bonds is 4. The molecule has 0 spiro atoms. The molecule has 0 bridgehead atoms. The van der Waals surface area contributed by atoms with Crippen LogP contribution in [0, 0.1) is 12.8 Å². The summed E-state index contributed by atoms with van der Waals surface area (Å²) in [5.74, 6) is -0.0151. The molecule has 0 aliphatic carbocycles. The number of piperidine rings is 1. The van der Waals surface area contributed by atoms with Crippen molar-refractivity contribution in [3.8, 4) is 0 Å². The highest BCUT2D eigenvalue weighted by Crippen LogP contribution is 2.24. The molecule has 2 amide bonds. The van der Waals surface area contributed by atoms with Gasteiger partial charge in [-0.05, 0) is 43.3 Å². The molecule has 1 fully saturated rings. The number of sulfonamides is 1. The van der Waals surface area contributed by atoms with Gasteiger partial charge in [-0.2, -0.15) is 0 Å². The third-order valence-corrected chi connectivity index (χ3v) is 6.69.